The van der Waals surface area contributed by atoms with Crippen LogP contribution < -0.4 is 5.32 Å². The maximum atomic E-state index is 13.1. The van der Waals surface area contributed by atoms with E-state index < -0.39 is 0 Å². The Balaban J connectivity index is 1.11. The van der Waals surface area contributed by atoms with Gasteiger partial charge in [0.1, 0.15) is 10.8 Å². The molecule has 0 spiro atoms. The van der Waals surface area contributed by atoms with Gasteiger partial charge in [0.15, 0.2) is 0 Å². The third kappa shape index (κ3) is 5.50. The number of anilines is 1. The Morgan fingerprint density at radius 1 is 0.971 bits per heavy atom. The van der Waals surface area contributed by atoms with Crippen molar-refractivity contribution < 1.29 is 9.18 Å². The van der Waals surface area contributed by atoms with Crippen molar-refractivity contribution in [1.82, 2.24) is 14.8 Å². The third-order valence-corrected chi connectivity index (χ3v) is 7.18. The molecule has 1 amide bonds. The fraction of sp³-hybridized carbons (Fsp3) is 0.259. The maximum Gasteiger partial charge on any atom is 0.238 e. The fourth-order valence-electron chi connectivity index (χ4n) is 4.21. The highest BCUT2D eigenvalue weighted by Gasteiger charge is 2.19. The predicted octanol–water partition coefficient (Wildman–Crippen LogP) is 5.17. The van der Waals surface area contributed by atoms with Crippen LogP contribution in [0.15, 0.2) is 66.7 Å². The molecule has 1 saturated heterocycles. The minimum Gasteiger partial charge on any atom is -0.325 e. The summed E-state index contributed by atoms with van der Waals surface area (Å²) in [5.74, 6) is -0.212. The first-order chi connectivity index (χ1) is 16.5. The zero-order chi connectivity index (χ0) is 23.5. The van der Waals surface area contributed by atoms with E-state index in [2.05, 4.69) is 40.2 Å². The number of rotatable bonds is 6. The van der Waals surface area contributed by atoms with E-state index in [1.807, 2.05) is 36.4 Å². The van der Waals surface area contributed by atoms with Gasteiger partial charge in [-0.3, -0.25) is 14.6 Å². The van der Waals surface area contributed by atoms with Crippen molar-refractivity contribution in [3.05, 3.63) is 83.7 Å². The number of aromatic nitrogens is 1. The molecule has 5 rings (SSSR count). The second-order valence-electron chi connectivity index (χ2n) is 8.79. The molecule has 0 atom stereocenters. The van der Waals surface area contributed by atoms with Crippen molar-refractivity contribution in [2.45, 2.75) is 13.5 Å². The monoisotopic (exact) mass is 474 g/mol. The van der Waals surface area contributed by atoms with Gasteiger partial charge in [-0.25, -0.2) is 9.37 Å². The van der Waals surface area contributed by atoms with Crippen LogP contribution in [0.1, 0.15) is 11.1 Å². The number of hydrogen-bond donors (Lipinski definition) is 1. The highest BCUT2D eigenvalue weighted by atomic mass is 32.1. The van der Waals surface area contributed by atoms with E-state index in [0.29, 0.717) is 6.54 Å². The van der Waals surface area contributed by atoms with Gasteiger partial charge in [-0.05, 0) is 66.6 Å². The summed E-state index contributed by atoms with van der Waals surface area (Å²) < 4.78 is 14.3. The average molecular weight is 475 g/mol. The van der Waals surface area contributed by atoms with Crippen LogP contribution in [0.2, 0.25) is 0 Å². The molecule has 0 unspecified atom stereocenters. The van der Waals surface area contributed by atoms with Gasteiger partial charge in [-0.2, -0.15) is 0 Å². The number of amides is 1. The van der Waals surface area contributed by atoms with E-state index >= 15 is 0 Å². The molecule has 1 aliphatic rings. The third-order valence-electron chi connectivity index (χ3n) is 6.11. The van der Waals surface area contributed by atoms with Gasteiger partial charge in [0, 0.05) is 44.0 Å². The van der Waals surface area contributed by atoms with E-state index in [-0.39, 0.29) is 11.7 Å². The smallest absolute Gasteiger partial charge is 0.238 e. The molecule has 7 heteroatoms. The summed E-state index contributed by atoms with van der Waals surface area (Å²) in [5.41, 5.74) is 5.20. The summed E-state index contributed by atoms with van der Waals surface area (Å²) in [6.45, 7) is 6.73. The number of piperazine rings is 1. The lowest BCUT2D eigenvalue weighted by Crippen LogP contribution is -2.48. The largest absolute Gasteiger partial charge is 0.325 e. The molecule has 1 aromatic heterocycles. The molecule has 5 nitrogen and oxygen atoms in total. The molecular formula is C27H27FN4OS. The van der Waals surface area contributed by atoms with E-state index in [4.69, 9.17) is 4.98 Å². The summed E-state index contributed by atoms with van der Waals surface area (Å²) in [4.78, 5) is 21.8. The lowest BCUT2D eigenvalue weighted by atomic mass is 10.2. The zero-order valence-corrected chi connectivity index (χ0v) is 19.9. The highest BCUT2D eigenvalue weighted by Crippen LogP contribution is 2.31. The van der Waals surface area contributed by atoms with Crippen LogP contribution in [0, 0.1) is 12.7 Å². The Kier molecular flexibility index (Phi) is 6.67. The average Bonchev–Trinajstić information content (AvgIpc) is 3.25. The Morgan fingerprint density at radius 3 is 2.41 bits per heavy atom. The molecule has 2 heterocycles. The first-order valence-electron chi connectivity index (χ1n) is 11.5. The number of nitrogens with one attached hydrogen (secondary N) is 1. The van der Waals surface area contributed by atoms with E-state index in [1.165, 1.54) is 22.4 Å². The summed E-state index contributed by atoms with van der Waals surface area (Å²) in [6, 6.07) is 20.9. The Morgan fingerprint density at radius 2 is 1.68 bits per heavy atom. The highest BCUT2D eigenvalue weighted by molar-refractivity contribution is 7.21. The second kappa shape index (κ2) is 10.0. The zero-order valence-electron chi connectivity index (χ0n) is 19.1. The van der Waals surface area contributed by atoms with Crippen LogP contribution in [0.3, 0.4) is 0 Å². The molecular weight excluding hydrogens is 447 g/mol. The van der Waals surface area contributed by atoms with Crippen LogP contribution in [-0.4, -0.2) is 53.4 Å². The molecule has 4 aromatic rings. The molecule has 174 valence electrons. The van der Waals surface area contributed by atoms with Crippen LogP contribution >= 0.6 is 11.3 Å². The SMILES string of the molecule is Cc1ccc2nc(-c3ccc(NC(=O)CN4CCN(Cc5ccc(F)cc5)CC4)cc3)sc2c1. The minimum atomic E-state index is -0.207. The maximum absolute atomic E-state index is 13.1. The van der Waals surface area contributed by atoms with Crippen molar-refractivity contribution >= 4 is 33.1 Å². The molecule has 0 bridgehead atoms. The molecule has 1 aliphatic heterocycles. The van der Waals surface area contributed by atoms with Gasteiger partial charge in [0.25, 0.3) is 0 Å². The number of thiazole rings is 1. The number of nitrogens with zero attached hydrogens (tertiary/aromatic N) is 3. The van der Waals surface area contributed by atoms with Crippen LogP contribution in [0.5, 0.6) is 0 Å². The van der Waals surface area contributed by atoms with Crippen molar-refractivity contribution in [3.63, 3.8) is 0 Å². The van der Waals surface area contributed by atoms with Crippen molar-refractivity contribution in [2.24, 2.45) is 0 Å². The minimum absolute atomic E-state index is 0.00445. The fourth-order valence-corrected chi connectivity index (χ4v) is 5.28. The number of aryl methyl sites for hydroxylation is 1. The lowest BCUT2D eigenvalue weighted by Gasteiger charge is -2.34. The molecule has 0 saturated carbocycles. The molecule has 0 aliphatic carbocycles. The van der Waals surface area contributed by atoms with E-state index in [0.717, 1.165) is 60.1 Å². The molecule has 1 N–H and O–H groups in total. The lowest BCUT2D eigenvalue weighted by molar-refractivity contribution is -0.117. The Bertz CT molecular complexity index is 1280. The van der Waals surface area contributed by atoms with E-state index in [1.54, 1.807) is 11.3 Å². The van der Waals surface area contributed by atoms with Gasteiger partial charge in [0.2, 0.25) is 5.91 Å². The van der Waals surface area contributed by atoms with Gasteiger partial charge >= 0.3 is 0 Å². The van der Waals surface area contributed by atoms with Gasteiger partial charge < -0.3 is 5.32 Å². The Labute approximate surface area is 202 Å². The number of carbonyl (C=O) groups excluding carboxylic acids is 1. The molecule has 34 heavy (non-hydrogen) atoms. The summed E-state index contributed by atoms with van der Waals surface area (Å²) >= 11 is 1.68. The number of benzene rings is 3. The summed E-state index contributed by atoms with van der Waals surface area (Å²) in [7, 11) is 0. The number of fused-ring (bicyclic) bond motifs is 1. The second-order valence-corrected chi connectivity index (χ2v) is 9.83. The standard InChI is InChI=1S/C27H27FN4OS/c1-19-2-11-24-25(16-19)34-27(30-24)21-5-9-23(10-6-21)29-26(33)18-32-14-12-31(13-15-32)17-20-3-7-22(28)8-4-20/h2-11,16H,12-15,17-18H2,1H3,(H,29,33). The van der Waals surface area contributed by atoms with Crippen molar-refractivity contribution in [2.75, 3.05) is 38.0 Å². The number of carbonyl (C=O) groups is 1. The molecule has 1 fully saturated rings. The van der Waals surface area contributed by atoms with Crippen LogP contribution in [-0.2, 0) is 11.3 Å². The quantitative estimate of drug-likeness (QED) is 0.419. The molecule has 3 aromatic carbocycles. The first kappa shape index (κ1) is 22.7. The summed E-state index contributed by atoms with van der Waals surface area (Å²) in [6.07, 6.45) is 0. The van der Waals surface area contributed by atoms with Gasteiger partial charge in [-0.1, -0.05) is 18.2 Å². The summed E-state index contributed by atoms with van der Waals surface area (Å²) in [5, 5.41) is 3.99. The van der Waals surface area contributed by atoms with Crippen molar-refractivity contribution in [3.8, 4) is 10.6 Å². The molecule has 0 radical (unpaired) electrons. The van der Waals surface area contributed by atoms with Crippen LogP contribution in [0.25, 0.3) is 20.8 Å². The first-order valence-corrected chi connectivity index (χ1v) is 12.3. The Hall–Kier alpha value is -3.13. The number of hydrogen-bond acceptors (Lipinski definition) is 5. The predicted molar refractivity (Wildman–Crippen MR) is 137 cm³/mol. The van der Waals surface area contributed by atoms with Gasteiger partial charge in [-0.15, -0.1) is 11.3 Å². The number of halogens is 1. The topological polar surface area (TPSA) is 48.5 Å². The van der Waals surface area contributed by atoms with Crippen LogP contribution in [0.4, 0.5) is 10.1 Å². The van der Waals surface area contributed by atoms with Crippen molar-refractivity contribution in [1.29, 1.82) is 0 Å². The van der Waals surface area contributed by atoms with E-state index in [9.17, 15) is 9.18 Å². The normalized spacial score (nSPS) is 15.0. The van der Waals surface area contributed by atoms with Gasteiger partial charge in [0.05, 0.1) is 16.8 Å².